The Morgan fingerprint density at radius 1 is 1.25 bits per heavy atom. The summed E-state index contributed by atoms with van der Waals surface area (Å²) in [5.41, 5.74) is 0.0413. The summed E-state index contributed by atoms with van der Waals surface area (Å²) in [5, 5.41) is 10.5. The van der Waals surface area contributed by atoms with Gasteiger partial charge in [-0.25, -0.2) is 4.39 Å². The van der Waals surface area contributed by atoms with Crippen LogP contribution in [0.1, 0.15) is 24.3 Å². The highest BCUT2D eigenvalue weighted by Gasteiger charge is 2.27. The topological polar surface area (TPSA) is 80.1 Å². The normalized spacial score (nSPS) is 13.2. The van der Waals surface area contributed by atoms with E-state index in [-0.39, 0.29) is 17.4 Å². The minimum absolute atomic E-state index is 0.208. The molecule has 24 heavy (non-hydrogen) atoms. The summed E-state index contributed by atoms with van der Waals surface area (Å²) in [6.07, 6.45) is 0. The van der Waals surface area contributed by atoms with E-state index in [2.05, 4.69) is 15.5 Å². The van der Waals surface area contributed by atoms with Gasteiger partial charge in [-0.05, 0) is 30.2 Å². The number of anilines is 2. The van der Waals surface area contributed by atoms with Crippen LogP contribution < -0.4 is 15.8 Å². The lowest BCUT2D eigenvalue weighted by atomic mass is 10.2. The lowest BCUT2D eigenvalue weighted by molar-refractivity contribution is 0.0940. The zero-order valence-electron chi connectivity index (χ0n) is 13.5. The number of carbonyl (C=O) groups is 1. The monoisotopic (exact) mass is 331 g/mol. The van der Waals surface area contributed by atoms with Crippen LogP contribution in [-0.4, -0.2) is 33.8 Å². The first-order valence-corrected chi connectivity index (χ1v) is 7.76. The number of nitrogens with zero attached hydrogens (tertiary/aromatic N) is 4. The molecule has 0 bridgehead atoms. The van der Waals surface area contributed by atoms with Gasteiger partial charge in [0.05, 0.1) is 0 Å². The van der Waals surface area contributed by atoms with Crippen molar-refractivity contribution in [2.24, 2.45) is 5.92 Å². The van der Waals surface area contributed by atoms with E-state index in [1.807, 2.05) is 13.8 Å². The number of hydrogen-bond acceptors (Lipinski definition) is 5. The third-order valence-electron chi connectivity index (χ3n) is 3.74. The van der Waals surface area contributed by atoms with Crippen LogP contribution in [0.25, 0.3) is 0 Å². The van der Waals surface area contributed by atoms with Crippen LogP contribution >= 0.6 is 0 Å². The lowest BCUT2D eigenvalue weighted by Crippen LogP contribution is -2.36. The summed E-state index contributed by atoms with van der Waals surface area (Å²) in [7, 11) is 0. The lowest BCUT2D eigenvalue weighted by Gasteiger charge is -2.16. The van der Waals surface area contributed by atoms with E-state index in [1.54, 1.807) is 17.0 Å². The Labute approximate surface area is 138 Å². The molecule has 0 saturated carbocycles. The molecule has 0 aliphatic carbocycles. The van der Waals surface area contributed by atoms with Gasteiger partial charge in [-0.15, -0.1) is 10.2 Å². The van der Waals surface area contributed by atoms with Gasteiger partial charge in [0, 0.05) is 25.3 Å². The number of aromatic nitrogens is 3. The summed E-state index contributed by atoms with van der Waals surface area (Å²) in [5.74, 6) is -0.226. The van der Waals surface area contributed by atoms with Crippen molar-refractivity contribution in [2.75, 3.05) is 18.0 Å². The highest BCUT2D eigenvalue weighted by Crippen LogP contribution is 2.26. The predicted molar refractivity (Wildman–Crippen MR) is 86.9 cm³/mol. The van der Waals surface area contributed by atoms with Crippen molar-refractivity contribution >= 4 is 17.5 Å². The second-order valence-corrected chi connectivity index (χ2v) is 6.04. The molecule has 0 spiro atoms. The maximum absolute atomic E-state index is 13.1. The Morgan fingerprint density at radius 3 is 2.62 bits per heavy atom. The molecular weight excluding hydrogens is 313 g/mol. The fourth-order valence-corrected chi connectivity index (χ4v) is 2.50. The van der Waals surface area contributed by atoms with E-state index < -0.39 is 11.5 Å². The van der Waals surface area contributed by atoms with Gasteiger partial charge in [-0.2, -0.15) is 0 Å². The molecule has 1 aromatic heterocycles. The molecule has 1 amide bonds. The molecule has 0 atom stereocenters. The maximum Gasteiger partial charge on any atom is 0.286 e. The summed E-state index contributed by atoms with van der Waals surface area (Å²) in [6.45, 7) is 5.28. The fraction of sp³-hybridized carbons (Fsp3) is 0.375. The van der Waals surface area contributed by atoms with Crippen LogP contribution in [0.4, 0.5) is 16.0 Å². The number of nitrogens with one attached hydrogen (secondary N) is 1. The Morgan fingerprint density at radius 2 is 1.96 bits per heavy atom. The smallest absolute Gasteiger partial charge is 0.286 e. The molecule has 7 nitrogen and oxygen atoms in total. The van der Waals surface area contributed by atoms with E-state index in [1.165, 1.54) is 16.7 Å². The number of benzene rings is 1. The number of hydrogen-bond donors (Lipinski definition) is 1. The van der Waals surface area contributed by atoms with Crippen molar-refractivity contribution in [3.63, 3.8) is 0 Å². The average molecular weight is 331 g/mol. The average Bonchev–Trinajstić information content (AvgIpc) is 2.98. The zero-order valence-corrected chi connectivity index (χ0v) is 13.5. The first-order valence-electron chi connectivity index (χ1n) is 7.76. The van der Waals surface area contributed by atoms with Crippen molar-refractivity contribution < 1.29 is 9.18 Å². The Kier molecular flexibility index (Phi) is 4.28. The van der Waals surface area contributed by atoms with E-state index in [0.29, 0.717) is 31.3 Å². The SMILES string of the molecule is CC(C)CNC(=O)c1nnc2n(c1=O)CCN2c1ccc(F)cc1. The van der Waals surface area contributed by atoms with Gasteiger partial charge in [-0.3, -0.25) is 14.2 Å². The van der Waals surface area contributed by atoms with Crippen molar-refractivity contribution in [2.45, 2.75) is 20.4 Å². The van der Waals surface area contributed by atoms with Crippen LogP contribution in [0.5, 0.6) is 0 Å². The largest absolute Gasteiger partial charge is 0.350 e. The second kappa shape index (κ2) is 6.38. The van der Waals surface area contributed by atoms with Crippen LogP contribution in [-0.2, 0) is 6.54 Å². The Balaban J connectivity index is 1.89. The van der Waals surface area contributed by atoms with Crippen molar-refractivity contribution in [1.29, 1.82) is 0 Å². The number of amides is 1. The fourth-order valence-electron chi connectivity index (χ4n) is 2.50. The molecule has 1 aliphatic heterocycles. The van der Waals surface area contributed by atoms with E-state index in [0.717, 1.165) is 0 Å². The minimum Gasteiger partial charge on any atom is -0.350 e. The van der Waals surface area contributed by atoms with Gasteiger partial charge in [0.2, 0.25) is 11.6 Å². The molecule has 0 radical (unpaired) electrons. The van der Waals surface area contributed by atoms with E-state index in [9.17, 15) is 14.0 Å². The third-order valence-corrected chi connectivity index (χ3v) is 3.74. The molecule has 8 heteroatoms. The Bertz CT molecular complexity index is 816. The Hall–Kier alpha value is -2.77. The standard InChI is InChI=1S/C16H18FN5O2/c1-10(2)9-18-14(23)13-15(24)22-8-7-21(16(22)20-19-13)12-5-3-11(17)4-6-12/h3-6,10H,7-9H2,1-2H3,(H,18,23). The molecule has 0 unspecified atom stereocenters. The molecular formula is C16H18FN5O2. The molecule has 3 rings (SSSR count). The molecule has 0 fully saturated rings. The van der Waals surface area contributed by atoms with E-state index in [4.69, 9.17) is 0 Å². The molecule has 126 valence electrons. The molecule has 1 aromatic carbocycles. The van der Waals surface area contributed by atoms with Gasteiger partial charge in [0.25, 0.3) is 11.5 Å². The van der Waals surface area contributed by atoms with E-state index >= 15 is 0 Å². The van der Waals surface area contributed by atoms with Gasteiger partial charge >= 0.3 is 0 Å². The quantitative estimate of drug-likeness (QED) is 0.914. The summed E-state index contributed by atoms with van der Waals surface area (Å²) in [6, 6.07) is 5.91. The van der Waals surface area contributed by atoms with Gasteiger partial charge < -0.3 is 10.2 Å². The number of carbonyl (C=O) groups excluding carboxylic acids is 1. The molecule has 2 aromatic rings. The second-order valence-electron chi connectivity index (χ2n) is 6.04. The maximum atomic E-state index is 13.1. The highest BCUT2D eigenvalue weighted by molar-refractivity contribution is 5.91. The van der Waals surface area contributed by atoms with Crippen molar-refractivity contribution in [3.05, 3.63) is 46.1 Å². The number of halogens is 1. The van der Waals surface area contributed by atoms with Crippen molar-refractivity contribution in [1.82, 2.24) is 20.1 Å². The van der Waals surface area contributed by atoms with Crippen LogP contribution in [0, 0.1) is 11.7 Å². The predicted octanol–water partition coefficient (Wildman–Crippen LogP) is 1.31. The summed E-state index contributed by atoms with van der Waals surface area (Å²) < 4.78 is 14.5. The number of rotatable bonds is 4. The molecule has 1 N–H and O–H groups in total. The van der Waals surface area contributed by atoms with Gasteiger partial charge in [-0.1, -0.05) is 13.8 Å². The van der Waals surface area contributed by atoms with Crippen LogP contribution in [0.15, 0.2) is 29.1 Å². The molecule has 0 saturated heterocycles. The first-order chi connectivity index (χ1) is 11.5. The van der Waals surface area contributed by atoms with Crippen LogP contribution in [0.3, 0.4) is 0 Å². The zero-order chi connectivity index (χ0) is 17.3. The molecule has 2 heterocycles. The third kappa shape index (κ3) is 2.99. The highest BCUT2D eigenvalue weighted by atomic mass is 19.1. The summed E-state index contributed by atoms with van der Waals surface area (Å²) >= 11 is 0. The first kappa shape index (κ1) is 16.1. The van der Waals surface area contributed by atoms with Gasteiger partial charge in [0.15, 0.2) is 0 Å². The van der Waals surface area contributed by atoms with Crippen molar-refractivity contribution in [3.8, 4) is 0 Å². The minimum atomic E-state index is -0.517. The summed E-state index contributed by atoms with van der Waals surface area (Å²) in [4.78, 5) is 26.3. The molecule has 1 aliphatic rings. The number of fused-ring (bicyclic) bond motifs is 1. The van der Waals surface area contributed by atoms with Gasteiger partial charge in [0.1, 0.15) is 5.82 Å². The van der Waals surface area contributed by atoms with Crippen LogP contribution in [0.2, 0.25) is 0 Å².